The maximum absolute atomic E-state index is 3.18. The van der Waals surface area contributed by atoms with Crippen LogP contribution in [0.2, 0.25) is 0 Å². The van der Waals surface area contributed by atoms with Crippen molar-refractivity contribution >= 4 is 0 Å². The summed E-state index contributed by atoms with van der Waals surface area (Å²) in [5, 5.41) is 0. The van der Waals surface area contributed by atoms with E-state index in [-0.39, 0.29) is 311 Å². The zero-order valence-electron chi connectivity index (χ0n) is 33.9. The number of aromatic nitrogens is 8. The molecular formula is C24H40Mo8N8O26-48. The Morgan fingerprint density at radius 2 is 0.348 bits per heavy atom. The first-order valence-corrected chi connectivity index (χ1v) is 11.7. The molecule has 66 heavy (non-hydrogen) atoms. The molecule has 0 aliphatic heterocycles. The standard InChI is InChI=1S/2C12H18N4.8Mo.26O/c2*1-11-13-5-9-15(11)7-3-4-8-16-10-6-14-12(16)2;;;;;;;;;;;;;;;;;;;;;;;;;;;;;;;;;;/h2*5-6,9-10H,3-4,7-8H2,1-2H3;;;;;;;;;;;;;;;;;;;;;;;;;;;;;;;;;;/q;;;;;;;;;;26*-2/p+4. The van der Waals surface area contributed by atoms with Crippen LogP contribution in [-0.2, 0) is 337 Å². The summed E-state index contributed by atoms with van der Waals surface area (Å²) in [6, 6.07) is 0. The van der Waals surface area contributed by atoms with Gasteiger partial charge in [0.1, 0.15) is 49.6 Å². The first-order chi connectivity index (χ1) is 15.5. The number of imidazole rings is 4. The molecule has 4 aromatic heterocycles. The summed E-state index contributed by atoms with van der Waals surface area (Å²) in [4.78, 5) is 12.7. The quantitative estimate of drug-likeness (QED) is 0.0837. The van der Waals surface area contributed by atoms with Gasteiger partial charge in [0.05, 0.1) is 26.2 Å². The first kappa shape index (κ1) is 237. The van der Waals surface area contributed by atoms with Crippen LogP contribution < -0.4 is 18.3 Å². The van der Waals surface area contributed by atoms with Gasteiger partial charge >= 0.3 is 0 Å². The summed E-state index contributed by atoms with van der Waals surface area (Å²) in [5.41, 5.74) is 0. The number of hydrogen-bond donors (Lipinski definition) is 4. The number of H-pyrrole nitrogens is 4. The van der Waals surface area contributed by atoms with Crippen molar-refractivity contribution < 1.29 is 329 Å². The predicted octanol–water partition coefficient (Wildman–Crippen LogP) is -1.08. The second kappa shape index (κ2) is 138. The smallest absolute Gasteiger partial charge is 0.251 e. The first-order valence-electron chi connectivity index (χ1n) is 11.7. The van der Waals surface area contributed by atoms with Crippen molar-refractivity contribution in [2.24, 2.45) is 0 Å². The number of hydrogen-bond acceptors (Lipinski definition) is 0. The number of nitrogens with one attached hydrogen (secondary N) is 4. The summed E-state index contributed by atoms with van der Waals surface area (Å²) in [6.45, 7) is 12.8. The molecule has 0 aromatic carbocycles. The number of rotatable bonds is 10. The van der Waals surface area contributed by atoms with Crippen molar-refractivity contribution in [3.63, 3.8) is 0 Å². The van der Waals surface area contributed by atoms with E-state index in [0.29, 0.717) is 0 Å². The number of unbranched alkanes of at least 4 members (excludes halogenated alkanes) is 2. The Morgan fingerprint density at radius 3 is 0.424 bits per heavy atom. The number of nitrogens with zero attached hydrogens (tertiary/aromatic N) is 4. The molecule has 0 atom stereocenters. The molecule has 0 saturated carbocycles. The molecule has 42 heteroatoms. The molecule has 4 N–H and O–H groups in total. The van der Waals surface area contributed by atoms with Crippen LogP contribution in [-0.4, -0.2) is 19.9 Å². The molecule has 0 spiro atoms. The normalized spacial score (nSPS) is 5.27. The molecule has 0 amide bonds. The third kappa shape index (κ3) is 88.3. The molecule has 0 aliphatic carbocycles. The van der Waals surface area contributed by atoms with E-state index in [2.05, 4.69) is 90.7 Å². The Labute approximate surface area is 496 Å². The van der Waals surface area contributed by atoms with Crippen LogP contribution in [0.1, 0.15) is 49.0 Å². The average Bonchev–Trinajstić information content (AvgIpc) is 3.56. The fourth-order valence-electron chi connectivity index (χ4n) is 3.87. The maximum Gasteiger partial charge on any atom is 0.251 e. The van der Waals surface area contributed by atoms with Crippen LogP contribution in [0, 0.1) is 27.7 Å². The summed E-state index contributed by atoms with van der Waals surface area (Å²) in [6.07, 6.45) is 21.2. The van der Waals surface area contributed by atoms with Crippen molar-refractivity contribution in [2.75, 3.05) is 0 Å². The van der Waals surface area contributed by atoms with E-state index in [1.807, 2.05) is 24.8 Å². The van der Waals surface area contributed by atoms with E-state index in [0.717, 1.165) is 26.2 Å². The Balaban J connectivity index is -0.00000000771. The predicted molar refractivity (Wildman–Crippen MR) is 139 cm³/mol. The molecule has 34 nitrogen and oxygen atoms in total. The fraction of sp³-hybridized carbons (Fsp3) is 0.500. The van der Waals surface area contributed by atoms with E-state index in [1.54, 1.807) is 0 Å². The summed E-state index contributed by atoms with van der Waals surface area (Å²) in [5.74, 6) is 4.91. The third-order valence-corrected chi connectivity index (χ3v) is 6.01. The summed E-state index contributed by atoms with van der Waals surface area (Å²) in [7, 11) is 0. The minimum atomic E-state index is 0. The van der Waals surface area contributed by atoms with Gasteiger partial charge in [0.25, 0.3) is 23.3 Å². The molecular weight excluding hydrogens is 1580 g/mol. The molecule has 4 heterocycles. The van der Waals surface area contributed by atoms with E-state index in [4.69, 9.17) is 0 Å². The largest absolute Gasteiger partial charge is 2.00 e. The Hall–Kier alpha value is 1.31. The van der Waals surface area contributed by atoms with Gasteiger partial charge in [0.15, 0.2) is 0 Å². The second-order valence-corrected chi connectivity index (χ2v) is 8.37. The third-order valence-electron chi connectivity index (χ3n) is 6.01. The molecule has 428 valence electrons. The van der Waals surface area contributed by atoms with E-state index >= 15 is 0 Å². The van der Waals surface area contributed by atoms with Gasteiger partial charge in [-0.2, -0.15) is 0 Å². The van der Waals surface area contributed by atoms with Crippen LogP contribution >= 0.6 is 0 Å². The van der Waals surface area contributed by atoms with Gasteiger partial charge in [-0.15, -0.1) is 0 Å². The van der Waals surface area contributed by atoms with Crippen LogP contribution in [0.15, 0.2) is 49.6 Å². The van der Waals surface area contributed by atoms with Crippen LogP contribution in [0.3, 0.4) is 0 Å². The Kier molecular flexibility index (Phi) is 496. The summed E-state index contributed by atoms with van der Waals surface area (Å²) < 4.78 is 9.03. The SMILES string of the molecule is Cc1[nH]cc[n+]1CCCC[n+]1cc[nH]c1C.Cc1[nH]cc[n+]1CCCC[n+]1cc[nH]c1C.[Mo].[Mo].[Mo].[Mo].[Mo].[Mo].[Mo].[Mo].[O-2].[O-2].[O-2].[O-2].[O-2].[O-2].[O-2].[O-2].[O-2].[O-2].[O-2].[O-2].[O-2].[O-2].[O-2].[O-2].[O-2].[O-2].[O-2].[O-2].[O-2].[O-2].[O-2].[O-2].[O-2].[O-2]. The van der Waals surface area contributed by atoms with E-state index in [9.17, 15) is 0 Å². The average molecular weight is 1620 g/mol. The van der Waals surface area contributed by atoms with E-state index < -0.39 is 0 Å². The van der Waals surface area contributed by atoms with Crippen molar-refractivity contribution in [3.8, 4) is 0 Å². The Morgan fingerprint density at radius 1 is 0.242 bits per heavy atom. The van der Waals surface area contributed by atoms with Crippen molar-refractivity contribution in [2.45, 2.75) is 79.6 Å². The zero-order valence-corrected chi connectivity index (χ0v) is 50.0. The van der Waals surface area contributed by atoms with Gasteiger partial charge in [-0.1, -0.05) is 0 Å². The van der Waals surface area contributed by atoms with Crippen molar-refractivity contribution in [3.05, 3.63) is 72.9 Å². The molecule has 0 unspecified atom stereocenters. The molecule has 4 rings (SSSR count). The molecule has 0 saturated heterocycles. The van der Waals surface area contributed by atoms with Gasteiger partial charge in [0.2, 0.25) is 0 Å². The molecule has 0 aliphatic rings. The fourth-order valence-corrected chi connectivity index (χ4v) is 3.87. The van der Waals surface area contributed by atoms with Crippen LogP contribution in [0.4, 0.5) is 0 Å². The summed E-state index contributed by atoms with van der Waals surface area (Å²) >= 11 is 0. The molecule has 0 radical (unpaired) electrons. The maximum atomic E-state index is 3.18. The molecule has 4 aromatic rings. The minimum Gasteiger partial charge on any atom is -2.00 e. The van der Waals surface area contributed by atoms with Crippen LogP contribution in [0.25, 0.3) is 0 Å². The van der Waals surface area contributed by atoms with Gasteiger partial charge in [-0.3, -0.25) is 0 Å². The molecule has 0 bridgehead atoms. The van der Waals surface area contributed by atoms with Gasteiger partial charge in [0, 0.05) is 196 Å². The second-order valence-electron chi connectivity index (χ2n) is 8.37. The number of aromatic amines is 4. The van der Waals surface area contributed by atoms with Crippen molar-refractivity contribution in [1.82, 2.24) is 19.9 Å². The Bertz CT molecular complexity index is 975. The topological polar surface area (TPSA) is 820 Å². The van der Waals surface area contributed by atoms with Crippen molar-refractivity contribution in [1.29, 1.82) is 0 Å². The molecule has 0 fully saturated rings. The van der Waals surface area contributed by atoms with Gasteiger partial charge in [-0.05, 0) is 25.7 Å². The number of aryl methyl sites for hydroxylation is 8. The van der Waals surface area contributed by atoms with E-state index in [1.165, 1.54) is 49.0 Å². The minimum absolute atomic E-state index is 0. The van der Waals surface area contributed by atoms with Gasteiger partial charge < -0.3 is 142 Å². The monoisotopic (exact) mass is 1640 g/mol. The zero-order chi connectivity index (χ0) is 22.8. The van der Waals surface area contributed by atoms with Gasteiger partial charge in [-0.25, -0.2) is 38.2 Å². The van der Waals surface area contributed by atoms with Crippen LogP contribution in [0.5, 0.6) is 0 Å².